The largest absolute Gasteiger partial charge is 0.465 e. The van der Waals surface area contributed by atoms with Crippen molar-refractivity contribution in [2.24, 2.45) is 0 Å². The SMILES string of the molecule is COC(=O)c1cc(Br)c2nc(N3CCOC(C)C3)cc(=O)n2c1. The zero-order valence-corrected chi connectivity index (χ0v) is 14.4. The lowest BCUT2D eigenvalue weighted by Crippen LogP contribution is -2.42. The van der Waals surface area contributed by atoms with Crippen molar-refractivity contribution >= 4 is 33.4 Å². The van der Waals surface area contributed by atoms with Crippen molar-refractivity contribution in [1.82, 2.24) is 9.38 Å². The number of ether oxygens (including phenoxy) is 2. The van der Waals surface area contributed by atoms with Gasteiger partial charge in [0.15, 0.2) is 5.65 Å². The maximum atomic E-state index is 12.4. The molecular weight excluding hydrogens is 366 g/mol. The number of hydrogen-bond acceptors (Lipinski definition) is 6. The molecule has 3 heterocycles. The number of halogens is 1. The van der Waals surface area contributed by atoms with E-state index < -0.39 is 5.97 Å². The van der Waals surface area contributed by atoms with E-state index in [1.165, 1.54) is 23.8 Å². The number of morpholine rings is 1. The molecule has 1 atom stereocenters. The van der Waals surface area contributed by atoms with Gasteiger partial charge < -0.3 is 14.4 Å². The molecule has 23 heavy (non-hydrogen) atoms. The van der Waals surface area contributed by atoms with Crippen LogP contribution in [-0.4, -0.2) is 48.3 Å². The highest BCUT2D eigenvalue weighted by molar-refractivity contribution is 9.10. The molecule has 0 spiro atoms. The molecule has 7 nitrogen and oxygen atoms in total. The summed E-state index contributed by atoms with van der Waals surface area (Å²) in [5.41, 5.74) is 0.485. The Bertz CT molecular complexity index is 820. The molecule has 1 saturated heterocycles. The van der Waals surface area contributed by atoms with Crippen molar-refractivity contribution in [2.45, 2.75) is 13.0 Å². The summed E-state index contributed by atoms with van der Waals surface area (Å²) in [4.78, 5) is 30.7. The molecule has 2 aromatic heterocycles. The van der Waals surface area contributed by atoms with E-state index in [0.29, 0.717) is 35.6 Å². The van der Waals surface area contributed by atoms with Gasteiger partial charge in [0.05, 0.1) is 29.9 Å². The molecule has 2 aromatic rings. The van der Waals surface area contributed by atoms with Crippen molar-refractivity contribution in [1.29, 1.82) is 0 Å². The number of aromatic nitrogens is 2. The molecule has 0 aliphatic carbocycles. The van der Waals surface area contributed by atoms with E-state index in [9.17, 15) is 9.59 Å². The maximum absolute atomic E-state index is 12.4. The van der Waals surface area contributed by atoms with Crippen molar-refractivity contribution in [3.63, 3.8) is 0 Å². The van der Waals surface area contributed by atoms with Gasteiger partial charge in [-0.3, -0.25) is 9.20 Å². The maximum Gasteiger partial charge on any atom is 0.339 e. The van der Waals surface area contributed by atoms with Gasteiger partial charge >= 0.3 is 5.97 Å². The topological polar surface area (TPSA) is 73.1 Å². The van der Waals surface area contributed by atoms with Crippen molar-refractivity contribution < 1.29 is 14.3 Å². The molecule has 1 aliphatic heterocycles. The van der Waals surface area contributed by atoms with E-state index >= 15 is 0 Å². The number of hydrogen-bond donors (Lipinski definition) is 0. The molecule has 122 valence electrons. The Balaban J connectivity index is 2.10. The van der Waals surface area contributed by atoms with Crippen LogP contribution in [0.15, 0.2) is 27.6 Å². The van der Waals surface area contributed by atoms with E-state index in [2.05, 4.69) is 20.9 Å². The first-order chi connectivity index (χ1) is 11.0. The highest BCUT2D eigenvalue weighted by Crippen LogP contribution is 2.21. The first kappa shape index (κ1) is 15.9. The summed E-state index contributed by atoms with van der Waals surface area (Å²) in [5, 5.41) is 0. The second kappa shape index (κ2) is 6.29. The summed E-state index contributed by atoms with van der Waals surface area (Å²) < 4.78 is 12.1. The Kier molecular flexibility index (Phi) is 4.36. The fourth-order valence-corrected chi connectivity index (χ4v) is 3.09. The lowest BCUT2D eigenvalue weighted by Gasteiger charge is -2.32. The highest BCUT2D eigenvalue weighted by Gasteiger charge is 2.20. The number of fused-ring (bicyclic) bond motifs is 1. The fourth-order valence-electron chi connectivity index (χ4n) is 2.57. The second-order valence-corrected chi connectivity index (χ2v) is 6.20. The van der Waals surface area contributed by atoms with Crippen LogP contribution in [-0.2, 0) is 9.47 Å². The average molecular weight is 382 g/mol. The van der Waals surface area contributed by atoms with E-state index in [-0.39, 0.29) is 17.2 Å². The smallest absolute Gasteiger partial charge is 0.339 e. The Morgan fingerprint density at radius 3 is 2.96 bits per heavy atom. The summed E-state index contributed by atoms with van der Waals surface area (Å²) in [7, 11) is 1.30. The van der Waals surface area contributed by atoms with Crippen molar-refractivity contribution in [3.8, 4) is 0 Å². The number of rotatable bonds is 2. The zero-order chi connectivity index (χ0) is 16.6. The number of pyridine rings is 1. The highest BCUT2D eigenvalue weighted by atomic mass is 79.9. The third-order valence-electron chi connectivity index (χ3n) is 3.69. The number of carbonyl (C=O) groups excluding carboxylic acids is 1. The molecule has 1 aliphatic rings. The van der Waals surface area contributed by atoms with E-state index in [0.717, 1.165) is 0 Å². The fraction of sp³-hybridized carbons (Fsp3) is 0.400. The molecule has 0 N–H and O–H groups in total. The van der Waals surface area contributed by atoms with Crippen LogP contribution in [0, 0.1) is 0 Å². The lowest BCUT2D eigenvalue weighted by atomic mass is 10.2. The Labute approximate surface area is 141 Å². The Morgan fingerprint density at radius 1 is 1.48 bits per heavy atom. The summed E-state index contributed by atoms with van der Waals surface area (Å²) in [5.74, 6) is 0.0993. The molecule has 0 bridgehead atoms. The van der Waals surface area contributed by atoms with E-state index in [1.807, 2.05) is 11.8 Å². The van der Waals surface area contributed by atoms with Crippen LogP contribution in [0.25, 0.3) is 5.65 Å². The van der Waals surface area contributed by atoms with Gasteiger partial charge in [-0.15, -0.1) is 0 Å². The number of nitrogens with zero attached hydrogens (tertiary/aromatic N) is 3. The zero-order valence-electron chi connectivity index (χ0n) is 12.8. The van der Waals surface area contributed by atoms with Gasteiger partial charge in [0.1, 0.15) is 5.82 Å². The quantitative estimate of drug-likeness (QED) is 0.733. The van der Waals surface area contributed by atoms with Crippen molar-refractivity contribution in [3.05, 3.63) is 38.7 Å². The Morgan fingerprint density at radius 2 is 2.26 bits per heavy atom. The molecule has 0 radical (unpaired) electrons. The van der Waals surface area contributed by atoms with Gasteiger partial charge in [-0.1, -0.05) is 0 Å². The standard InChI is InChI=1S/C15H16BrN3O4/c1-9-7-18(3-4-23-9)12-6-13(20)19-8-10(15(21)22-2)5-11(16)14(19)17-12/h5-6,8-9H,3-4,7H2,1-2H3. The molecule has 0 saturated carbocycles. The van der Waals surface area contributed by atoms with Gasteiger partial charge in [0, 0.05) is 25.4 Å². The molecule has 8 heteroatoms. The normalized spacial score (nSPS) is 18.2. The molecule has 0 aromatic carbocycles. The first-order valence-corrected chi connectivity index (χ1v) is 7.96. The minimum Gasteiger partial charge on any atom is -0.465 e. The summed E-state index contributed by atoms with van der Waals surface area (Å²) in [6.45, 7) is 3.95. The van der Waals surface area contributed by atoms with E-state index in [4.69, 9.17) is 9.47 Å². The summed E-state index contributed by atoms with van der Waals surface area (Å²) in [6, 6.07) is 3.07. The predicted molar refractivity (Wildman–Crippen MR) is 88.1 cm³/mol. The molecular formula is C15H16BrN3O4. The van der Waals surface area contributed by atoms with Crippen LogP contribution in [0.5, 0.6) is 0 Å². The summed E-state index contributed by atoms with van der Waals surface area (Å²) >= 11 is 3.38. The number of methoxy groups -OCH3 is 1. The van der Waals surface area contributed by atoms with Gasteiger partial charge in [-0.05, 0) is 28.9 Å². The van der Waals surface area contributed by atoms with Gasteiger partial charge in [0.2, 0.25) is 0 Å². The average Bonchev–Trinajstić information content (AvgIpc) is 2.54. The third kappa shape index (κ3) is 3.09. The van der Waals surface area contributed by atoms with E-state index in [1.54, 1.807) is 6.07 Å². The summed E-state index contributed by atoms with van der Waals surface area (Å²) in [6.07, 6.45) is 1.53. The van der Waals surface area contributed by atoms with Crippen LogP contribution in [0.2, 0.25) is 0 Å². The van der Waals surface area contributed by atoms with Gasteiger partial charge in [-0.2, -0.15) is 0 Å². The Hall–Kier alpha value is -1.93. The van der Waals surface area contributed by atoms with Crippen LogP contribution in [0.1, 0.15) is 17.3 Å². The lowest BCUT2D eigenvalue weighted by molar-refractivity contribution is 0.0529. The van der Waals surface area contributed by atoms with Crippen LogP contribution >= 0.6 is 15.9 Å². The third-order valence-corrected chi connectivity index (χ3v) is 4.27. The second-order valence-electron chi connectivity index (χ2n) is 5.34. The van der Waals surface area contributed by atoms with Crippen LogP contribution in [0.4, 0.5) is 5.82 Å². The monoisotopic (exact) mass is 381 g/mol. The molecule has 1 unspecified atom stereocenters. The predicted octanol–water partition coefficient (Wildman–Crippen LogP) is 1.47. The number of anilines is 1. The minimum atomic E-state index is -0.509. The van der Waals surface area contributed by atoms with Crippen molar-refractivity contribution in [2.75, 3.05) is 31.7 Å². The molecule has 1 fully saturated rings. The van der Waals surface area contributed by atoms with Gasteiger partial charge in [0.25, 0.3) is 5.56 Å². The number of carbonyl (C=O) groups is 1. The first-order valence-electron chi connectivity index (χ1n) is 7.17. The molecule has 0 amide bonds. The number of esters is 1. The molecule has 3 rings (SSSR count). The van der Waals surface area contributed by atoms with Crippen LogP contribution in [0.3, 0.4) is 0 Å². The minimum absolute atomic E-state index is 0.0918. The van der Waals surface area contributed by atoms with Crippen LogP contribution < -0.4 is 10.5 Å². The van der Waals surface area contributed by atoms with Gasteiger partial charge in [-0.25, -0.2) is 9.78 Å².